The minimum atomic E-state index is 0.873. The molecule has 0 spiro atoms. The second-order valence-corrected chi connectivity index (χ2v) is 7.13. The molecule has 1 nitrogen and oxygen atoms in total. The summed E-state index contributed by atoms with van der Waals surface area (Å²) in [4.78, 5) is 0. The normalized spacial score (nSPS) is 25.3. The summed E-state index contributed by atoms with van der Waals surface area (Å²) in [6, 6.07) is 0. The van der Waals surface area contributed by atoms with E-state index in [0.29, 0.717) is 0 Å². The molecular weight excluding hydrogens is 218 g/mol. The predicted octanol–water partition coefficient (Wildman–Crippen LogP) is 4.86. The fourth-order valence-electron chi connectivity index (χ4n) is 3.36. The Balaban J connectivity index is 0.000000180. The summed E-state index contributed by atoms with van der Waals surface area (Å²) in [6.07, 6.45) is 10.3. The number of rotatable bonds is 3. The van der Waals surface area contributed by atoms with Crippen molar-refractivity contribution in [2.45, 2.75) is 72.6 Å². The molecule has 1 atom stereocenters. The largest absolute Gasteiger partial charge is 0.316 e. The molecule has 0 aromatic carbocycles. The molecule has 0 aromatic heterocycles. The van der Waals surface area contributed by atoms with Crippen LogP contribution in [0.15, 0.2) is 0 Å². The Morgan fingerprint density at radius 1 is 0.944 bits per heavy atom. The van der Waals surface area contributed by atoms with Gasteiger partial charge in [-0.15, -0.1) is 0 Å². The molecule has 1 unspecified atom stereocenters. The highest BCUT2D eigenvalue weighted by Gasteiger charge is 2.16. The monoisotopic (exact) mass is 253 g/mol. The highest BCUT2D eigenvalue weighted by atomic mass is 14.9. The van der Waals surface area contributed by atoms with E-state index >= 15 is 0 Å². The molecule has 0 aromatic rings. The second kappa shape index (κ2) is 8.96. The summed E-state index contributed by atoms with van der Waals surface area (Å²) in [6.45, 7) is 11.8. The maximum absolute atomic E-state index is 3.42. The first-order valence-electron chi connectivity index (χ1n) is 8.30. The molecule has 0 radical (unpaired) electrons. The van der Waals surface area contributed by atoms with Gasteiger partial charge in [0.15, 0.2) is 0 Å². The molecule has 2 fully saturated rings. The van der Waals surface area contributed by atoms with Gasteiger partial charge in [-0.25, -0.2) is 0 Å². The molecule has 108 valence electrons. The third-order valence-corrected chi connectivity index (χ3v) is 4.56. The minimum absolute atomic E-state index is 0.873. The van der Waals surface area contributed by atoms with E-state index in [1.165, 1.54) is 58.0 Å². The number of nitrogens with one attached hydrogen (secondary N) is 1. The topological polar surface area (TPSA) is 12.0 Å². The van der Waals surface area contributed by atoms with Gasteiger partial charge in [-0.1, -0.05) is 53.4 Å². The second-order valence-electron chi connectivity index (χ2n) is 7.13. The molecule has 0 amide bonds. The standard InChI is InChI=1S/C9H18.C8H17N/c1-8(2)7-9-5-3-4-6-9;1-7(2)8-4-3-5-9-6-8/h8-9H,3-7H2,1-2H3;7-9H,3-6H2,1-2H3. The van der Waals surface area contributed by atoms with Gasteiger partial charge in [-0.05, 0) is 56.0 Å². The Labute approximate surface area is 115 Å². The molecule has 2 rings (SSSR count). The molecule has 0 bridgehead atoms. The first-order valence-corrected chi connectivity index (χ1v) is 8.30. The third-order valence-electron chi connectivity index (χ3n) is 4.56. The molecule has 18 heavy (non-hydrogen) atoms. The minimum Gasteiger partial charge on any atom is -0.316 e. The van der Waals surface area contributed by atoms with E-state index in [4.69, 9.17) is 0 Å². The predicted molar refractivity (Wildman–Crippen MR) is 81.8 cm³/mol. The van der Waals surface area contributed by atoms with Crippen molar-refractivity contribution in [3.05, 3.63) is 0 Å². The van der Waals surface area contributed by atoms with E-state index in [2.05, 4.69) is 33.0 Å². The number of hydrogen-bond acceptors (Lipinski definition) is 1. The molecule has 1 N–H and O–H groups in total. The van der Waals surface area contributed by atoms with Crippen LogP contribution in [-0.2, 0) is 0 Å². The van der Waals surface area contributed by atoms with Crippen LogP contribution in [0.4, 0.5) is 0 Å². The van der Waals surface area contributed by atoms with E-state index in [-0.39, 0.29) is 0 Å². The van der Waals surface area contributed by atoms with Crippen LogP contribution in [0.5, 0.6) is 0 Å². The van der Waals surface area contributed by atoms with Gasteiger partial charge in [0, 0.05) is 0 Å². The summed E-state index contributed by atoms with van der Waals surface area (Å²) >= 11 is 0. The molecular formula is C17H35N. The maximum atomic E-state index is 3.42. The van der Waals surface area contributed by atoms with Crippen LogP contribution in [0.1, 0.15) is 72.6 Å². The highest BCUT2D eigenvalue weighted by molar-refractivity contribution is 4.71. The van der Waals surface area contributed by atoms with Gasteiger partial charge in [0.1, 0.15) is 0 Å². The molecule has 1 heterocycles. The van der Waals surface area contributed by atoms with Crippen LogP contribution in [0.2, 0.25) is 0 Å². The Kier molecular flexibility index (Phi) is 7.97. The van der Waals surface area contributed by atoms with Gasteiger partial charge >= 0.3 is 0 Å². The number of piperidine rings is 1. The zero-order chi connectivity index (χ0) is 13.4. The van der Waals surface area contributed by atoms with Crippen molar-refractivity contribution in [3.8, 4) is 0 Å². The summed E-state index contributed by atoms with van der Waals surface area (Å²) in [5, 5.41) is 3.42. The van der Waals surface area contributed by atoms with E-state index in [1.807, 2.05) is 0 Å². The Morgan fingerprint density at radius 3 is 2.00 bits per heavy atom. The molecule has 2 aliphatic rings. The average molecular weight is 253 g/mol. The Morgan fingerprint density at radius 2 is 1.61 bits per heavy atom. The van der Waals surface area contributed by atoms with Crippen LogP contribution in [0.3, 0.4) is 0 Å². The summed E-state index contributed by atoms with van der Waals surface area (Å²) in [5.74, 6) is 3.83. The number of hydrogen-bond donors (Lipinski definition) is 1. The summed E-state index contributed by atoms with van der Waals surface area (Å²) in [7, 11) is 0. The van der Waals surface area contributed by atoms with Gasteiger partial charge in [-0.2, -0.15) is 0 Å². The van der Waals surface area contributed by atoms with Crippen LogP contribution >= 0.6 is 0 Å². The van der Waals surface area contributed by atoms with E-state index in [1.54, 1.807) is 0 Å². The smallest absolute Gasteiger partial charge is 0.00181 e. The van der Waals surface area contributed by atoms with Gasteiger partial charge in [0.25, 0.3) is 0 Å². The third kappa shape index (κ3) is 6.78. The summed E-state index contributed by atoms with van der Waals surface area (Å²) in [5.41, 5.74) is 0. The van der Waals surface area contributed by atoms with E-state index in [0.717, 1.165) is 23.7 Å². The lowest BCUT2D eigenvalue weighted by molar-refractivity contribution is 0.296. The van der Waals surface area contributed by atoms with Crippen molar-refractivity contribution in [2.24, 2.45) is 23.7 Å². The van der Waals surface area contributed by atoms with Crippen molar-refractivity contribution >= 4 is 0 Å². The van der Waals surface area contributed by atoms with Crippen molar-refractivity contribution in [1.29, 1.82) is 0 Å². The first kappa shape index (κ1) is 16.0. The van der Waals surface area contributed by atoms with Crippen molar-refractivity contribution in [3.63, 3.8) is 0 Å². The molecule has 1 heteroatoms. The van der Waals surface area contributed by atoms with Crippen LogP contribution in [-0.4, -0.2) is 13.1 Å². The van der Waals surface area contributed by atoms with Crippen LogP contribution < -0.4 is 5.32 Å². The van der Waals surface area contributed by atoms with Gasteiger partial charge in [0.05, 0.1) is 0 Å². The molecule has 1 saturated carbocycles. The van der Waals surface area contributed by atoms with Crippen LogP contribution in [0.25, 0.3) is 0 Å². The Hall–Kier alpha value is -0.0400. The quantitative estimate of drug-likeness (QED) is 0.757. The van der Waals surface area contributed by atoms with Crippen molar-refractivity contribution in [1.82, 2.24) is 5.32 Å². The lowest BCUT2D eigenvalue weighted by Gasteiger charge is -2.25. The summed E-state index contributed by atoms with van der Waals surface area (Å²) < 4.78 is 0. The van der Waals surface area contributed by atoms with Gasteiger partial charge in [-0.3, -0.25) is 0 Å². The van der Waals surface area contributed by atoms with Crippen LogP contribution in [0, 0.1) is 23.7 Å². The lowest BCUT2D eigenvalue weighted by Crippen LogP contribution is -2.32. The fraction of sp³-hybridized carbons (Fsp3) is 1.00. The zero-order valence-corrected chi connectivity index (χ0v) is 13.2. The van der Waals surface area contributed by atoms with Gasteiger partial charge < -0.3 is 5.32 Å². The van der Waals surface area contributed by atoms with E-state index < -0.39 is 0 Å². The zero-order valence-electron chi connectivity index (χ0n) is 13.2. The van der Waals surface area contributed by atoms with Crippen molar-refractivity contribution in [2.75, 3.05) is 13.1 Å². The van der Waals surface area contributed by atoms with Crippen molar-refractivity contribution < 1.29 is 0 Å². The van der Waals surface area contributed by atoms with E-state index in [9.17, 15) is 0 Å². The Bertz CT molecular complexity index is 186. The average Bonchev–Trinajstić information content (AvgIpc) is 2.83. The first-order chi connectivity index (χ1) is 8.59. The molecule has 1 aliphatic carbocycles. The maximum Gasteiger partial charge on any atom is -0.00181 e. The fourth-order valence-corrected chi connectivity index (χ4v) is 3.36. The molecule has 1 saturated heterocycles. The SMILES string of the molecule is CC(C)C1CCCNC1.CC(C)CC1CCCC1. The van der Waals surface area contributed by atoms with Gasteiger partial charge in [0.2, 0.25) is 0 Å². The lowest BCUT2D eigenvalue weighted by atomic mass is 9.89. The molecule has 1 aliphatic heterocycles. The highest BCUT2D eigenvalue weighted by Crippen LogP contribution is 2.29.